The van der Waals surface area contributed by atoms with Crippen LogP contribution in [0.2, 0.25) is 0 Å². The second-order valence-electron chi connectivity index (χ2n) is 6.03. The first-order valence-corrected chi connectivity index (χ1v) is 8.77. The van der Waals surface area contributed by atoms with E-state index in [1.54, 1.807) is 4.90 Å². The molecule has 120 valence electrons. The fraction of sp³-hybridized carbons (Fsp3) is 0.923. The SMILES string of the molecule is CC(C)CS(=O)(=O)CC(=O)N1CCC(C(C)N)CC1.Cl. The Morgan fingerprint density at radius 2 is 1.75 bits per heavy atom. The lowest BCUT2D eigenvalue weighted by atomic mass is 9.91. The van der Waals surface area contributed by atoms with Crippen molar-refractivity contribution in [1.82, 2.24) is 4.90 Å². The van der Waals surface area contributed by atoms with Gasteiger partial charge in [-0.1, -0.05) is 13.8 Å². The fourth-order valence-electron chi connectivity index (χ4n) is 2.52. The molecule has 0 bridgehead atoms. The maximum Gasteiger partial charge on any atom is 0.237 e. The third-order valence-corrected chi connectivity index (χ3v) is 5.43. The highest BCUT2D eigenvalue weighted by Crippen LogP contribution is 2.19. The van der Waals surface area contributed by atoms with Gasteiger partial charge in [0.15, 0.2) is 9.84 Å². The molecule has 0 spiro atoms. The van der Waals surface area contributed by atoms with Crippen LogP contribution in [0.25, 0.3) is 0 Å². The molecule has 20 heavy (non-hydrogen) atoms. The molecular weight excluding hydrogens is 300 g/mol. The highest BCUT2D eigenvalue weighted by molar-refractivity contribution is 7.92. The average Bonchev–Trinajstić information content (AvgIpc) is 2.26. The first-order valence-electron chi connectivity index (χ1n) is 6.95. The van der Waals surface area contributed by atoms with E-state index >= 15 is 0 Å². The van der Waals surface area contributed by atoms with Crippen molar-refractivity contribution in [2.75, 3.05) is 24.6 Å². The summed E-state index contributed by atoms with van der Waals surface area (Å²) < 4.78 is 23.6. The molecule has 0 radical (unpaired) electrons. The maximum absolute atomic E-state index is 12.0. The number of hydrogen-bond donors (Lipinski definition) is 1. The van der Waals surface area contributed by atoms with Crippen molar-refractivity contribution in [1.29, 1.82) is 0 Å². The molecule has 1 amide bonds. The number of hydrogen-bond acceptors (Lipinski definition) is 4. The van der Waals surface area contributed by atoms with Crippen molar-refractivity contribution in [3.05, 3.63) is 0 Å². The van der Waals surface area contributed by atoms with Crippen molar-refractivity contribution < 1.29 is 13.2 Å². The number of nitrogens with two attached hydrogens (primary N) is 1. The largest absolute Gasteiger partial charge is 0.342 e. The Labute approximate surface area is 128 Å². The molecule has 1 aliphatic rings. The van der Waals surface area contributed by atoms with Gasteiger partial charge in [-0.3, -0.25) is 4.79 Å². The molecule has 1 aliphatic heterocycles. The molecule has 0 saturated carbocycles. The van der Waals surface area contributed by atoms with Gasteiger partial charge in [0, 0.05) is 19.1 Å². The van der Waals surface area contributed by atoms with Gasteiger partial charge in [0.25, 0.3) is 0 Å². The van der Waals surface area contributed by atoms with Crippen LogP contribution in [0, 0.1) is 11.8 Å². The predicted octanol–water partition coefficient (Wildman–Crippen LogP) is 1.06. The molecule has 1 unspecified atom stereocenters. The molecule has 0 aromatic rings. The summed E-state index contributed by atoms with van der Waals surface area (Å²) in [6, 6.07) is 0.141. The van der Waals surface area contributed by atoms with Gasteiger partial charge < -0.3 is 10.6 Å². The van der Waals surface area contributed by atoms with Gasteiger partial charge in [0.1, 0.15) is 5.75 Å². The van der Waals surface area contributed by atoms with Gasteiger partial charge in [-0.15, -0.1) is 12.4 Å². The molecule has 1 fully saturated rings. The lowest BCUT2D eigenvalue weighted by Crippen LogP contribution is -2.44. The van der Waals surface area contributed by atoms with Crippen LogP contribution in [-0.2, 0) is 14.6 Å². The second kappa shape index (κ2) is 8.20. The van der Waals surface area contributed by atoms with Gasteiger partial charge in [-0.05, 0) is 31.6 Å². The summed E-state index contributed by atoms with van der Waals surface area (Å²) in [5.74, 6) is -0.0370. The van der Waals surface area contributed by atoms with Crippen LogP contribution >= 0.6 is 12.4 Å². The van der Waals surface area contributed by atoms with Crippen LogP contribution in [0.1, 0.15) is 33.6 Å². The number of rotatable bonds is 5. The van der Waals surface area contributed by atoms with Crippen molar-refractivity contribution in [3.63, 3.8) is 0 Å². The summed E-state index contributed by atoms with van der Waals surface area (Å²) in [5, 5.41) is 0. The molecule has 1 atom stereocenters. The van der Waals surface area contributed by atoms with E-state index in [1.807, 2.05) is 20.8 Å². The minimum atomic E-state index is -3.28. The third kappa shape index (κ3) is 6.41. The summed E-state index contributed by atoms with van der Waals surface area (Å²) in [5.41, 5.74) is 5.85. The minimum absolute atomic E-state index is 0. The summed E-state index contributed by atoms with van der Waals surface area (Å²) >= 11 is 0. The topological polar surface area (TPSA) is 80.5 Å². The number of carbonyl (C=O) groups is 1. The van der Waals surface area contributed by atoms with Crippen LogP contribution < -0.4 is 5.73 Å². The summed E-state index contributed by atoms with van der Waals surface area (Å²) in [7, 11) is -3.28. The van der Waals surface area contributed by atoms with E-state index < -0.39 is 9.84 Å². The molecule has 1 rings (SSSR count). The lowest BCUT2D eigenvalue weighted by molar-refractivity contribution is -0.129. The Morgan fingerprint density at radius 3 is 2.15 bits per heavy atom. The number of nitrogens with zero attached hydrogens (tertiary/aromatic N) is 1. The standard InChI is InChI=1S/C13H26N2O3S.ClH/c1-10(2)8-19(17,18)9-13(16)15-6-4-12(5-7-15)11(3)14;/h10-12H,4-9,14H2,1-3H3;1H. The van der Waals surface area contributed by atoms with E-state index in [4.69, 9.17) is 5.73 Å². The number of carbonyl (C=O) groups excluding carboxylic acids is 1. The second-order valence-corrected chi connectivity index (χ2v) is 8.13. The zero-order chi connectivity index (χ0) is 14.6. The van der Waals surface area contributed by atoms with Crippen molar-refractivity contribution in [2.24, 2.45) is 17.6 Å². The van der Waals surface area contributed by atoms with E-state index in [0.29, 0.717) is 19.0 Å². The Kier molecular flexibility index (Phi) is 8.06. The summed E-state index contributed by atoms with van der Waals surface area (Å²) in [4.78, 5) is 13.7. The smallest absolute Gasteiger partial charge is 0.237 e. The highest BCUT2D eigenvalue weighted by Gasteiger charge is 2.27. The van der Waals surface area contributed by atoms with Crippen LogP contribution in [0.15, 0.2) is 0 Å². The molecule has 0 aromatic carbocycles. The minimum Gasteiger partial charge on any atom is -0.342 e. The normalized spacial score (nSPS) is 18.8. The summed E-state index contributed by atoms with van der Waals surface area (Å²) in [6.45, 7) is 6.92. The first-order chi connectivity index (χ1) is 8.71. The molecule has 5 nitrogen and oxygen atoms in total. The number of sulfone groups is 1. The molecule has 0 aromatic heterocycles. The van der Waals surface area contributed by atoms with E-state index in [9.17, 15) is 13.2 Å². The highest BCUT2D eigenvalue weighted by atomic mass is 35.5. The predicted molar refractivity (Wildman–Crippen MR) is 83.7 cm³/mol. The van der Waals surface area contributed by atoms with Crippen LogP contribution in [0.4, 0.5) is 0 Å². The van der Waals surface area contributed by atoms with Crippen LogP contribution in [0.3, 0.4) is 0 Å². The molecule has 2 N–H and O–H groups in total. The van der Waals surface area contributed by atoms with E-state index in [2.05, 4.69) is 0 Å². The first kappa shape index (κ1) is 19.7. The average molecular weight is 327 g/mol. The van der Waals surface area contributed by atoms with Gasteiger partial charge >= 0.3 is 0 Å². The number of likely N-dealkylation sites (tertiary alicyclic amines) is 1. The molecule has 1 saturated heterocycles. The zero-order valence-corrected chi connectivity index (χ0v) is 14.2. The van der Waals surface area contributed by atoms with Gasteiger partial charge in [0.05, 0.1) is 5.75 Å². The molecule has 1 heterocycles. The Bertz CT molecular complexity index is 402. The van der Waals surface area contributed by atoms with Crippen molar-refractivity contribution >= 4 is 28.2 Å². The summed E-state index contributed by atoms with van der Waals surface area (Å²) in [6.07, 6.45) is 1.74. The molecule has 7 heteroatoms. The molecule has 0 aliphatic carbocycles. The van der Waals surface area contributed by atoms with E-state index in [-0.39, 0.29) is 41.8 Å². The van der Waals surface area contributed by atoms with Gasteiger partial charge in [-0.25, -0.2) is 8.42 Å². The number of amides is 1. The molecular formula is C13H27ClN2O3S. The Balaban J connectivity index is 0.00000361. The van der Waals surface area contributed by atoms with Crippen molar-refractivity contribution in [3.8, 4) is 0 Å². The number of piperidine rings is 1. The third-order valence-electron chi connectivity index (χ3n) is 3.57. The van der Waals surface area contributed by atoms with Crippen LogP contribution in [-0.4, -0.2) is 49.9 Å². The lowest BCUT2D eigenvalue weighted by Gasteiger charge is -2.33. The van der Waals surface area contributed by atoms with Gasteiger partial charge in [-0.2, -0.15) is 0 Å². The Hall–Kier alpha value is -0.330. The Morgan fingerprint density at radius 1 is 1.25 bits per heavy atom. The van der Waals surface area contributed by atoms with E-state index in [1.165, 1.54) is 0 Å². The number of halogens is 1. The quantitative estimate of drug-likeness (QED) is 0.819. The maximum atomic E-state index is 12.0. The van der Waals surface area contributed by atoms with Gasteiger partial charge in [0.2, 0.25) is 5.91 Å². The van der Waals surface area contributed by atoms with Crippen molar-refractivity contribution in [2.45, 2.75) is 39.7 Å². The van der Waals surface area contributed by atoms with Crippen LogP contribution in [0.5, 0.6) is 0 Å². The van der Waals surface area contributed by atoms with E-state index in [0.717, 1.165) is 12.8 Å². The monoisotopic (exact) mass is 326 g/mol. The zero-order valence-electron chi connectivity index (χ0n) is 12.5. The fourth-order valence-corrected chi connectivity index (χ4v) is 4.21.